The largest absolute Gasteiger partial charge is 0.480 e. The van der Waals surface area contributed by atoms with Gasteiger partial charge in [0.25, 0.3) is 5.91 Å². The van der Waals surface area contributed by atoms with Crippen LogP contribution in [0.1, 0.15) is 76.4 Å². The molecule has 38 heavy (non-hydrogen) atoms. The Bertz CT molecular complexity index is 1240. The van der Waals surface area contributed by atoms with Crippen molar-refractivity contribution in [3.63, 3.8) is 0 Å². The van der Waals surface area contributed by atoms with Crippen molar-refractivity contribution in [1.82, 2.24) is 14.9 Å². The van der Waals surface area contributed by atoms with Crippen LogP contribution in [-0.4, -0.2) is 45.0 Å². The molecule has 0 unspecified atom stereocenters. The number of thioether (sulfide) groups is 1. The minimum atomic E-state index is -0.997. The number of methoxy groups -OCH3 is 1. The number of ether oxygens (including phenoxy) is 1. The number of carbonyl (C=O) groups excluding carboxylic acids is 1. The lowest BCUT2D eigenvalue weighted by Gasteiger charge is -2.18. The summed E-state index contributed by atoms with van der Waals surface area (Å²) >= 11 is 1.18. The lowest BCUT2D eigenvalue weighted by atomic mass is 10.1. The zero-order valence-corrected chi connectivity index (χ0v) is 24.7. The normalized spacial score (nSPS) is 14.9. The van der Waals surface area contributed by atoms with Crippen LogP contribution < -0.4 is 5.32 Å². The van der Waals surface area contributed by atoms with Gasteiger partial charge in [-0.1, -0.05) is 36.5 Å². The van der Waals surface area contributed by atoms with Gasteiger partial charge in [-0.2, -0.15) is 0 Å². The van der Waals surface area contributed by atoms with Crippen molar-refractivity contribution in [2.75, 3.05) is 13.7 Å². The summed E-state index contributed by atoms with van der Waals surface area (Å²) in [7, 11) is 1.66. The molecule has 0 spiro atoms. The molecule has 0 radical (unpaired) electrons. The topological polar surface area (TPSA) is 93.5 Å². The van der Waals surface area contributed by atoms with Gasteiger partial charge in [0.1, 0.15) is 16.3 Å². The van der Waals surface area contributed by atoms with Gasteiger partial charge in [0.05, 0.1) is 0 Å². The van der Waals surface area contributed by atoms with Crippen LogP contribution >= 0.6 is 11.8 Å². The standard InChI is InChI=1S/C30H41N3O4S/c1-10-24(15-14-22(5)38-30(7,8)29(35)36)27-31-26(23(6)33(27)16-11-17-37-9)28(34)32-25-20(3)13-12-19(2)18-21(25)4/h10,13-15,18H,5,11-12,16-17H2,1-4,6-9H3,(H,32,34)(H,35,36)/b15-14-,24-10+. The van der Waals surface area contributed by atoms with Gasteiger partial charge in [0.2, 0.25) is 0 Å². The summed E-state index contributed by atoms with van der Waals surface area (Å²) in [6, 6.07) is 0. The van der Waals surface area contributed by atoms with E-state index in [1.807, 2.05) is 44.4 Å². The van der Waals surface area contributed by atoms with E-state index >= 15 is 0 Å². The first kappa shape index (κ1) is 31.1. The molecule has 0 saturated heterocycles. The van der Waals surface area contributed by atoms with Gasteiger partial charge in [-0.05, 0) is 78.5 Å². The van der Waals surface area contributed by atoms with Crippen LogP contribution in [0.15, 0.2) is 64.3 Å². The molecule has 0 bridgehead atoms. The van der Waals surface area contributed by atoms with E-state index in [1.54, 1.807) is 27.0 Å². The van der Waals surface area contributed by atoms with E-state index < -0.39 is 10.7 Å². The Hall–Kier alpha value is -3.10. The Balaban J connectivity index is 2.44. The average molecular weight is 540 g/mol. The highest BCUT2D eigenvalue weighted by Gasteiger charge is 2.28. The number of carboxylic acid groups (broad SMARTS) is 1. The number of amides is 1. The van der Waals surface area contributed by atoms with Crippen molar-refractivity contribution < 1.29 is 19.4 Å². The van der Waals surface area contributed by atoms with E-state index in [-0.39, 0.29) is 5.91 Å². The molecule has 2 N–H and O–H groups in total. The van der Waals surface area contributed by atoms with Crippen LogP contribution in [0.25, 0.3) is 5.57 Å². The molecular formula is C30H41N3O4S. The number of aromatic nitrogens is 2. The van der Waals surface area contributed by atoms with E-state index in [9.17, 15) is 14.7 Å². The molecule has 1 aromatic rings. The van der Waals surface area contributed by atoms with Crippen molar-refractivity contribution in [2.24, 2.45) is 0 Å². The highest BCUT2D eigenvalue weighted by Crippen LogP contribution is 2.32. The number of aliphatic carboxylic acids is 1. The van der Waals surface area contributed by atoms with Crippen LogP contribution in [-0.2, 0) is 16.1 Å². The number of carbonyl (C=O) groups is 2. The number of nitrogens with zero attached hydrogens (tertiary/aromatic N) is 2. The lowest BCUT2D eigenvalue weighted by Crippen LogP contribution is -2.26. The van der Waals surface area contributed by atoms with E-state index in [1.165, 1.54) is 17.3 Å². The van der Waals surface area contributed by atoms with E-state index in [4.69, 9.17) is 9.72 Å². The van der Waals surface area contributed by atoms with Crippen molar-refractivity contribution in [3.8, 4) is 0 Å². The molecule has 0 saturated carbocycles. The second kappa shape index (κ2) is 13.6. The predicted molar refractivity (Wildman–Crippen MR) is 157 cm³/mol. The molecule has 1 aliphatic rings. The molecule has 0 aromatic carbocycles. The zero-order valence-electron chi connectivity index (χ0n) is 23.9. The van der Waals surface area contributed by atoms with Crippen LogP contribution in [0.4, 0.5) is 0 Å². The van der Waals surface area contributed by atoms with Gasteiger partial charge in [-0.3, -0.25) is 9.59 Å². The number of nitrogens with one attached hydrogen (secondary N) is 1. The molecule has 0 fully saturated rings. The van der Waals surface area contributed by atoms with E-state index in [0.717, 1.165) is 41.0 Å². The Morgan fingerprint density at radius 3 is 2.55 bits per heavy atom. The van der Waals surface area contributed by atoms with Crippen molar-refractivity contribution in [3.05, 3.63) is 81.5 Å². The Morgan fingerprint density at radius 1 is 1.26 bits per heavy atom. The fourth-order valence-electron chi connectivity index (χ4n) is 4.10. The maximum absolute atomic E-state index is 13.5. The van der Waals surface area contributed by atoms with Crippen LogP contribution in [0.5, 0.6) is 0 Å². The number of allylic oxidation sites excluding steroid dienone is 9. The van der Waals surface area contributed by atoms with E-state index in [2.05, 4.69) is 31.0 Å². The highest BCUT2D eigenvalue weighted by molar-refractivity contribution is 8.05. The summed E-state index contributed by atoms with van der Waals surface area (Å²) in [6.45, 7) is 18.4. The molecule has 2 rings (SSSR count). The summed E-state index contributed by atoms with van der Waals surface area (Å²) < 4.78 is 6.29. The van der Waals surface area contributed by atoms with Gasteiger partial charge in [0.15, 0.2) is 0 Å². The summed E-state index contributed by atoms with van der Waals surface area (Å²) in [5.41, 5.74) is 6.02. The SMILES string of the molecule is C=C(/C=C\C(=C/C)c1nc(C(=O)NC2=C(C)C=C(C)CC=C2C)c(C)n1CCCOC)SC(C)(C)C(=O)O. The summed E-state index contributed by atoms with van der Waals surface area (Å²) in [5, 5.41) is 12.5. The van der Waals surface area contributed by atoms with Crippen LogP contribution in [0, 0.1) is 6.92 Å². The maximum Gasteiger partial charge on any atom is 0.319 e. The van der Waals surface area contributed by atoms with Gasteiger partial charge in [-0.15, -0.1) is 11.8 Å². The second-order valence-corrected chi connectivity index (χ2v) is 11.7. The Morgan fingerprint density at radius 2 is 1.95 bits per heavy atom. The van der Waals surface area contributed by atoms with Crippen LogP contribution in [0.3, 0.4) is 0 Å². The maximum atomic E-state index is 13.5. The number of hydrogen-bond donors (Lipinski definition) is 2. The van der Waals surface area contributed by atoms with Gasteiger partial charge in [-0.25, -0.2) is 4.98 Å². The highest BCUT2D eigenvalue weighted by atomic mass is 32.2. The fraction of sp³-hybridized carbons (Fsp3) is 0.433. The number of hydrogen-bond acceptors (Lipinski definition) is 5. The minimum Gasteiger partial charge on any atom is -0.480 e. The third-order valence-corrected chi connectivity index (χ3v) is 7.39. The molecule has 1 heterocycles. The number of rotatable bonds is 12. The Kier molecular flexibility index (Phi) is 11.2. The molecule has 206 valence electrons. The van der Waals surface area contributed by atoms with Crippen LogP contribution in [0.2, 0.25) is 0 Å². The molecule has 0 aliphatic heterocycles. The first-order valence-corrected chi connectivity index (χ1v) is 13.5. The van der Waals surface area contributed by atoms with Gasteiger partial charge in [0, 0.05) is 42.1 Å². The Labute approximate surface area is 231 Å². The summed E-state index contributed by atoms with van der Waals surface area (Å²) in [6.07, 6.45) is 11.4. The molecule has 8 heteroatoms. The molecule has 1 aliphatic carbocycles. The average Bonchev–Trinajstić information content (AvgIpc) is 3.10. The van der Waals surface area contributed by atoms with Gasteiger partial charge >= 0.3 is 5.97 Å². The summed E-state index contributed by atoms with van der Waals surface area (Å²) in [5.74, 6) is -0.503. The molecule has 1 aromatic heterocycles. The monoisotopic (exact) mass is 539 g/mol. The van der Waals surface area contributed by atoms with Crippen molar-refractivity contribution >= 4 is 29.2 Å². The molecule has 0 atom stereocenters. The van der Waals surface area contributed by atoms with Crippen molar-refractivity contribution in [1.29, 1.82) is 0 Å². The fourth-order valence-corrected chi connectivity index (χ4v) is 4.97. The third-order valence-electron chi connectivity index (χ3n) is 6.31. The first-order valence-electron chi connectivity index (χ1n) is 12.7. The minimum absolute atomic E-state index is 0.257. The third kappa shape index (κ3) is 7.95. The molecular weight excluding hydrogens is 498 g/mol. The smallest absolute Gasteiger partial charge is 0.319 e. The summed E-state index contributed by atoms with van der Waals surface area (Å²) in [4.78, 5) is 30.4. The number of imidazole rings is 1. The van der Waals surface area contributed by atoms with E-state index in [0.29, 0.717) is 29.6 Å². The first-order chi connectivity index (χ1) is 17.8. The van der Waals surface area contributed by atoms with Crippen molar-refractivity contribution in [2.45, 2.75) is 72.6 Å². The number of carboxylic acids is 1. The zero-order chi connectivity index (χ0) is 28.6. The predicted octanol–water partition coefficient (Wildman–Crippen LogP) is 6.60. The molecule has 7 nitrogen and oxygen atoms in total. The second-order valence-electron chi connectivity index (χ2n) is 9.92. The molecule has 1 amide bonds. The quantitative estimate of drug-likeness (QED) is 0.230. The van der Waals surface area contributed by atoms with Gasteiger partial charge < -0.3 is 19.7 Å². The lowest BCUT2D eigenvalue weighted by molar-refractivity contribution is -0.138.